The lowest BCUT2D eigenvalue weighted by atomic mass is 9.89. The summed E-state index contributed by atoms with van der Waals surface area (Å²) in [6, 6.07) is 6.07. The second-order valence-corrected chi connectivity index (χ2v) is 5.24. The monoisotopic (exact) mass is 308 g/mol. The van der Waals surface area contributed by atoms with Gasteiger partial charge in [0.25, 0.3) is 0 Å². The summed E-state index contributed by atoms with van der Waals surface area (Å²) in [7, 11) is 0. The molecule has 2 atom stereocenters. The van der Waals surface area contributed by atoms with E-state index in [0.717, 1.165) is 12.0 Å². The van der Waals surface area contributed by atoms with Crippen molar-refractivity contribution in [2.75, 3.05) is 6.61 Å². The van der Waals surface area contributed by atoms with E-state index >= 15 is 0 Å². The van der Waals surface area contributed by atoms with E-state index in [9.17, 15) is 9.59 Å². The summed E-state index contributed by atoms with van der Waals surface area (Å²) in [5, 5.41) is 5.78. The van der Waals surface area contributed by atoms with Crippen molar-refractivity contribution in [3.05, 3.63) is 47.1 Å². The van der Waals surface area contributed by atoms with Crippen molar-refractivity contribution in [3.8, 4) is 0 Å². The van der Waals surface area contributed by atoms with Gasteiger partial charge in [0.1, 0.15) is 5.92 Å². The number of hydrogen-bond acceptors (Lipinski definition) is 3. The number of ether oxygens (including phenoxy) is 1. The van der Waals surface area contributed by atoms with Gasteiger partial charge in [-0.05, 0) is 24.1 Å². The Bertz CT molecular complexity index is 574. The molecule has 1 saturated heterocycles. The first-order valence-corrected chi connectivity index (χ1v) is 7.09. The quantitative estimate of drug-likeness (QED) is 0.840. The number of nitrogens with one attached hydrogen (secondary N) is 2. The van der Waals surface area contributed by atoms with Crippen LogP contribution in [0.1, 0.15) is 24.9 Å². The molecule has 0 radical (unpaired) electrons. The zero-order chi connectivity index (χ0) is 15.4. The van der Waals surface area contributed by atoms with E-state index in [4.69, 9.17) is 16.3 Å². The molecule has 112 valence electrons. The maximum atomic E-state index is 12.2. The highest BCUT2D eigenvalue weighted by atomic mass is 35.5. The van der Waals surface area contributed by atoms with Crippen LogP contribution < -0.4 is 10.6 Å². The van der Waals surface area contributed by atoms with Crippen LogP contribution in [0.25, 0.3) is 0 Å². The maximum absolute atomic E-state index is 12.2. The number of urea groups is 1. The Morgan fingerprint density at radius 1 is 1.48 bits per heavy atom. The van der Waals surface area contributed by atoms with Gasteiger partial charge in [-0.25, -0.2) is 4.79 Å². The van der Waals surface area contributed by atoms with Crippen LogP contribution >= 0.6 is 11.6 Å². The molecule has 0 unspecified atom stereocenters. The van der Waals surface area contributed by atoms with Crippen LogP contribution in [0.4, 0.5) is 4.79 Å². The van der Waals surface area contributed by atoms with Gasteiger partial charge in [0, 0.05) is 10.7 Å². The predicted octanol–water partition coefficient (Wildman–Crippen LogP) is 2.78. The van der Waals surface area contributed by atoms with Gasteiger partial charge in [-0.2, -0.15) is 0 Å². The van der Waals surface area contributed by atoms with Crippen molar-refractivity contribution < 1.29 is 14.3 Å². The molecule has 21 heavy (non-hydrogen) atoms. The minimum absolute atomic E-state index is 0.324. The molecule has 1 aliphatic heterocycles. The van der Waals surface area contributed by atoms with Crippen molar-refractivity contribution in [2.45, 2.75) is 19.4 Å². The normalized spacial score (nSPS) is 21.4. The molecule has 0 saturated carbocycles. The second-order valence-electron chi connectivity index (χ2n) is 4.80. The highest BCUT2D eigenvalue weighted by Crippen LogP contribution is 2.31. The van der Waals surface area contributed by atoms with Gasteiger partial charge in [0.15, 0.2) is 0 Å². The number of carbonyl (C=O) groups excluding carboxylic acids is 2. The summed E-state index contributed by atoms with van der Waals surface area (Å²) in [5.41, 5.74) is 1.06. The Labute approximate surface area is 128 Å². The number of amides is 2. The van der Waals surface area contributed by atoms with E-state index in [1.807, 2.05) is 6.92 Å². The van der Waals surface area contributed by atoms with Crippen molar-refractivity contribution in [3.63, 3.8) is 0 Å². The van der Waals surface area contributed by atoms with Crippen LogP contribution in [-0.4, -0.2) is 18.6 Å². The van der Waals surface area contributed by atoms with Crippen LogP contribution in [0.2, 0.25) is 5.02 Å². The van der Waals surface area contributed by atoms with E-state index < -0.39 is 24.0 Å². The standard InChI is InChI=1S/C15H17ClN2O3/c1-3-7-21-14(19)12-9(2)17-15(20)18-13(12)10-5-4-6-11(16)8-10/h4-6,8,12-13H,2-3,7H2,1H3,(H2,17,18,20)/t12-,13-/m1/s1. The van der Waals surface area contributed by atoms with Gasteiger partial charge in [-0.15, -0.1) is 0 Å². The van der Waals surface area contributed by atoms with E-state index in [2.05, 4.69) is 17.2 Å². The Morgan fingerprint density at radius 3 is 2.90 bits per heavy atom. The van der Waals surface area contributed by atoms with E-state index in [0.29, 0.717) is 17.3 Å². The molecule has 0 bridgehead atoms. The van der Waals surface area contributed by atoms with E-state index in [1.165, 1.54) is 0 Å². The average molecular weight is 309 g/mol. The molecule has 2 rings (SSSR count). The minimum Gasteiger partial charge on any atom is -0.465 e. The fraction of sp³-hybridized carbons (Fsp3) is 0.333. The summed E-state index contributed by atoms with van der Waals surface area (Å²) in [5.74, 6) is -1.10. The molecule has 1 aromatic rings. The number of esters is 1. The van der Waals surface area contributed by atoms with Gasteiger partial charge in [0.2, 0.25) is 0 Å². The van der Waals surface area contributed by atoms with E-state index in [1.54, 1.807) is 24.3 Å². The van der Waals surface area contributed by atoms with Crippen molar-refractivity contribution >= 4 is 23.6 Å². The molecule has 1 aliphatic rings. The number of hydrogen-bond donors (Lipinski definition) is 2. The third-order valence-electron chi connectivity index (χ3n) is 3.18. The zero-order valence-corrected chi connectivity index (χ0v) is 12.4. The molecule has 1 aromatic carbocycles. The fourth-order valence-electron chi connectivity index (χ4n) is 2.23. The fourth-order valence-corrected chi connectivity index (χ4v) is 2.43. The number of halogens is 1. The van der Waals surface area contributed by atoms with Gasteiger partial charge < -0.3 is 15.4 Å². The SMILES string of the molecule is C=C1NC(=O)N[C@H](c2cccc(Cl)c2)[C@@H]1C(=O)OCCC. The lowest BCUT2D eigenvalue weighted by Gasteiger charge is -2.33. The highest BCUT2D eigenvalue weighted by Gasteiger charge is 2.38. The smallest absolute Gasteiger partial charge is 0.319 e. The molecule has 2 N–H and O–H groups in total. The summed E-state index contributed by atoms with van der Waals surface area (Å²) in [6.07, 6.45) is 0.729. The molecule has 6 heteroatoms. The lowest BCUT2D eigenvalue weighted by Crippen LogP contribution is -2.51. The Kier molecular flexibility index (Phi) is 4.85. The van der Waals surface area contributed by atoms with Gasteiger partial charge in [-0.3, -0.25) is 4.79 Å². The maximum Gasteiger partial charge on any atom is 0.319 e. The lowest BCUT2D eigenvalue weighted by molar-refractivity contribution is -0.148. The average Bonchev–Trinajstić information content (AvgIpc) is 2.44. The predicted molar refractivity (Wildman–Crippen MR) is 79.7 cm³/mol. The van der Waals surface area contributed by atoms with Gasteiger partial charge in [-0.1, -0.05) is 37.2 Å². The molecule has 2 amide bonds. The van der Waals surface area contributed by atoms with Crippen LogP contribution in [0.3, 0.4) is 0 Å². The summed E-state index contributed by atoms with van der Waals surface area (Å²) in [6.45, 7) is 6.01. The van der Waals surface area contributed by atoms with Gasteiger partial charge in [0.05, 0.1) is 12.6 Å². The topological polar surface area (TPSA) is 67.4 Å². The largest absolute Gasteiger partial charge is 0.465 e. The molecular formula is C15H17ClN2O3. The van der Waals surface area contributed by atoms with Gasteiger partial charge >= 0.3 is 12.0 Å². The number of rotatable bonds is 4. The Hall–Kier alpha value is -2.01. The van der Waals surface area contributed by atoms with Crippen molar-refractivity contribution in [2.24, 2.45) is 5.92 Å². The first-order chi connectivity index (χ1) is 10.0. The summed E-state index contributed by atoms with van der Waals surface area (Å²) < 4.78 is 5.19. The summed E-state index contributed by atoms with van der Waals surface area (Å²) >= 11 is 5.98. The van der Waals surface area contributed by atoms with Crippen LogP contribution in [0, 0.1) is 5.92 Å². The second kappa shape index (κ2) is 6.63. The zero-order valence-electron chi connectivity index (χ0n) is 11.7. The minimum atomic E-state index is -0.687. The summed E-state index contributed by atoms with van der Waals surface area (Å²) in [4.78, 5) is 23.9. The van der Waals surface area contributed by atoms with E-state index in [-0.39, 0.29) is 0 Å². The van der Waals surface area contributed by atoms with Crippen LogP contribution in [0.5, 0.6) is 0 Å². The molecule has 0 aromatic heterocycles. The van der Waals surface area contributed by atoms with Crippen LogP contribution in [-0.2, 0) is 9.53 Å². The highest BCUT2D eigenvalue weighted by molar-refractivity contribution is 6.30. The molecule has 0 spiro atoms. The first kappa shape index (κ1) is 15.4. The third kappa shape index (κ3) is 3.55. The first-order valence-electron chi connectivity index (χ1n) is 6.71. The molecule has 1 fully saturated rings. The molecule has 1 heterocycles. The molecule has 0 aliphatic carbocycles. The number of carbonyl (C=O) groups is 2. The Morgan fingerprint density at radius 2 is 2.24 bits per heavy atom. The third-order valence-corrected chi connectivity index (χ3v) is 3.41. The van der Waals surface area contributed by atoms with Crippen LogP contribution in [0.15, 0.2) is 36.5 Å². The molecule has 5 nitrogen and oxygen atoms in total. The number of benzene rings is 1. The molecular weight excluding hydrogens is 292 g/mol. The van der Waals surface area contributed by atoms with Crippen molar-refractivity contribution in [1.29, 1.82) is 0 Å². The Balaban J connectivity index is 2.30. The van der Waals surface area contributed by atoms with Crippen molar-refractivity contribution in [1.82, 2.24) is 10.6 Å².